The van der Waals surface area contributed by atoms with E-state index in [9.17, 15) is 4.79 Å². The van der Waals surface area contributed by atoms with Crippen molar-refractivity contribution < 1.29 is 4.79 Å². The van der Waals surface area contributed by atoms with Crippen LogP contribution in [0.25, 0.3) is 0 Å². The SMILES string of the molecule is CN1CC(N)C=C1C=O. The van der Waals surface area contributed by atoms with Crippen molar-refractivity contribution in [2.24, 2.45) is 5.73 Å². The van der Waals surface area contributed by atoms with Gasteiger partial charge in [-0.3, -0.25) is 4.79 Å². The molecule has 1 aliphatic heterocycles. The maximum atomic E-state index is 10.2. The molecular formula is C6H10N2O. The second kappa shape index (κ2) is 2.19. The van der Waals surface area contributed by atoms with Gasteiger partial charge < -0.3 is 10.6 Å². The summed E-state index contributed by atoms with van der Waals surface area (Å²) in [5, 5.41) is 0. The zero-order chi connectivity index (χ0) is 6.85. The van der Waals surface area contributed by atoms with E-state index in [4.69, 9.17) is 5.73 Å². The molecule has 1 rings (SSSR count). The molecule has 0 saturated carbocycles. The lowest BCUT2D eigenvalue weighted by molar-refractivity contribution is -0.105. The average molecular weight is 126 g/mol. The number of hydrogen-bond donors (Lipinski definition) is 1. The Morgan fingerprint density at radius 1 is 2.00 bits per heavy atom. The second-order valence-electron chi connectivity index (χ2n) is 2.25. The van der Waals surface area contributed by atoms with Crippen LogP contribution >= 0.6 is 0 Å². The highest BCUT2D eigenvalue weighted by molar-refractivity contribution is 5.73. The van der Waals surface area contributed by atoms with E-state index in [1.165, 1.54) is 0 Å². The molecule has 50 valence electrons. The number of carbonyl (C=O) groups is 1. The van der Waals surface area contributed by atoms with E-state index in [1.54, 1.807) is 6.08 Å². The van der Waals surface area contributed by atoms with Gasteiger partial charge in [0, 0.05) is 19.6 Å². The van der Waals surface area contributed by atoms with Crippen molar-refractivity contribution in [1.82, 2.24) is 4.90 Å². The summed E-state index contributed by atoms with van der Waals surface area (Å²) in [7, 11) is 1.85. The van der Waals surface area contributed by atoms with E-state index in [0.717, 1.165) is 12.8 Å². The first-order valence-corrected chi connectivity index (χ1v) is 2.88. The number of carbonyl (C=O) groups excluding carboxylic acids is 1. The Kier molecular flexibility index (Phi) is 1.53. The van der Waals surface area contributed by atoms with Gasteiger partial charge >= 0.3 is 0 Å². The summed E-state index contributed by atoms with van der Waals surface area (Å²) in [5.41, 5.74) is 6.21. The standard InChI is InChI=1S/C6H10N2O/c1-8-3-5(7)2-6(8)4-9/h2,4-5H,3,7H2,1H3. The third kappa shape index (κ3) is 1.10. The van der Waals surface area contributed by atoms with Crippen molar-refractivity contribution in [2.45, 2.75) is 6.04 Å². The number of hydrogen-bond acceptors (Lipinski definition) is 3. The van der Waals surface area contributed by atoms with Crippen molar-refractivity contribution in [3.05, 3.63) is 11.8 Å². The first-order valence-electron chi connectivity index (χ1n) is 2.88. The van der Waals surface area contributed by atoms with Crippen LogP contribution in [0.2, 0.25) is 0 Å². The average Bonchev–Trinajstić information content (AvgIpc) is 2.10. The lowest BCUT2D eigenvalue weighted by Gasteiger charge is -2.10. The lowest BCUT2D eigenvalue weighted by atomic mass is 10.3. The van der Waals surface area contributed by atoms with Crippen LogP contribution in [-0.4, -0.2) is 30.8 Å². The van der Waals surface area contributed by atoms with Gasteiger partial charge in [0.15, 0.2) is 6.29 Å². The molecule has 0 aromatic carbocycles. The first kappa shape index (κ1) is 6.29. The van der Waals surface area contributed by atoms with Crippen molar-refractivity contribution in [3.8, 4) is 0 Å². The molecule has 9 heavy (non-hydrogen) atoms. The minimum Gasteiger partial charge on any atom is -0.370 e. The summed E-state index contributed by atoms with van der Waals surface area (Å²) in [6.07, 6.45) is 2.60. The Morgan fingerprint density at radius 2 is 2.67 bits per heavy atom. The Hall–Kier alpha value is -0.830. The van der Waals surface area contributed by atoms with Crippen molar-refractivity contribution in [3.63, 3.8) is 0 Å². The van der Waals surface area contributed by atoms with Crippen LogP contribution in [0.5, 0.6) is 0 Å². The Bertz CT molecular complexity index is 153. The summed E-state index contributed by atoms with van der Waals surface area (Å²) in [4.78, 5) is 12.0. The van der Waals surface area contributed by atoms with Crippen molar-refractivity contribution in [1.29, 1.82) is 0 Å². The van der Waals surface area contributed by atoms with E-state index in [1.807, 2.05) is 11.9 Å². The zero-order valence-electron chi connectivity index (χ0n) is 5.37. The topological polar surface area (TPSA) is 46.3 Å². The van der Waals surface area contributed by atoms with Gasteiger partial charge in [-0.05, 0) is 6.08 Å². The fraction of sp³-hybridized carbons (Fsp3) is 0.500. The van der Waals surface area contributed by atoms with Crippen LogP contribution in [0.4, 0.5) is 0 Å². The molecular weight excluding hydrogens is 116 g/mol. The highest BCUT2D eigenvalue weighted by Gasteiger charge is 2.15. The van der Waals surface area contributed by atoms with Crippen LogP contribution < -0.4 is 5.73 Å². The summed E-state index contributed by atoms with van der Waals surface area (Å²) in [5.74, 6) is 0. The molecule has 1 aliphatic rings. The molecule has 3 nitrogen and oxygen atoms in total. The van der Waals surface area contributed by atoms with Gasteiger partial charge in [0.1, 0.15) is 0 Å². The predicted molar refractivity (Wildman–Crippen MR) is 34.8 cm³/mol. The maximum Gasteiger partial charge on any atom is 0.165 e. The van der Waals surface area contributed by atoms with E-state index in [2.05, 4.69) is 0 Å². The molecule has 3 heteroatoms. The number of allylic oxidation sites excluding steroid dienone is 1. The summed E-state index contributed by atoms with van der Waals surface area (Å²) in [6, 6.07) is 0.0372. The van der Waals surface area contributed by atoms with Gasteiger partial charge in [0.05, 0.1) is 5.70 Å². The second-order valence-corrected chi connectivity index (χ2v) is 2.25. The molecule has 0 aromatic heterocycles. The number of nitrogens with two attached hydrogens (primary N) is 1. The molecule has 1 atom stereocenters. The molecule has 0 aromatic rings. The first-order chi connectivity index (χ1) is 4.24. The van der Waals surface area contributed by atoms with Crippen LogP contribution in [-0.2, 0) is 4.79 Å². The van der Waals surface area contributed by atoms with E-state index in [-0.39, 0.29) is 6.04 Å². The Labute approximate surface area is 54.1 Å². The quantitative estimate of drug-likeness (QED) is 0.474. The van der Waals surface area contributed by atoms with Gasteiger partial charge in [-0.2, -0.15) is 0 Å². The number of likely N-dealkylation sites (N-methyl/N-ethyl adjacent to an activating group) is 1. The van der Waals surface area contributed by atoms with Crippen LogP contribution in [0.15, 0.2) is 11.8 Å². The minimum atomic E-state index is 0.0372. The molecule has 0 aliphatic carbocycles. The highest BCUT2D eigenvalue weighted by atomic mass is 16.1. The van der Waals surface area contributed by atoms with E-state index >= 15 is 0 Å². The Balaban J connectivity index is 2.68. The molecule has 2 N–H and O–H groups in total. The molecule has 0 bridgehead atoms. The van der Waals surface area contributed by atoms with Crippen LogP contribution in [0.1, 0.15) is 0 Å². The minimum absolute atomic E-state index is 0.0372. The van der Waals surface area contributed by atoms with Gasteiger partial charge in [-0.1, -0.05) is 0 Å². The van der Waals surface area contributed by atoms with Crippen molar-refractivity contribution in [2.75, 3.05) is 13.6 Å². The van der Waals surface area contributed by atoms with E-state index in [0.29, 0.717) is 5.70 Å². The lowest BCUT2D eigenvalue weighted by Crippen LogP contribution is -2.25. The van der Waals surface area contributed by atoms with Crippen LogP contribution in [0, 0.1) is 0 Å². The fourth-order valence-electron chi connectivity index (χ4n) is 0.950. The molecule has 0 saturated heterocycles. The molecule has 0 amide bonds. The fourth-order valence-corrected chi connectivity index (χ4v) is 0.950. The maximum absolute atomic E-state index is 10.2. The molecule has 1 unspecified atom stereocenters. The molecule has 0 spiro atoms. The predicted octanol–water partition coefficient (Wildman–Crippen LogP) is -0.658. The number of nitrogens with zero attached hydrogens (tertiary/aromatic N) is 1. The molecule has 0 radical (unpaired) electrons. The summed E-state index contributed by atoms with van der Waals surface area (Å²) < 4.78 is 0. The number of rotatable bonds is 1. The molecule has 1 heterocycles. The summed E-state index contributed by atoms with van der Waals surface area (Å²) in [6.45, 7) is 0.758. The van der Waals surface area contributed by atoms with Gasteiger partial charge in [0.2, 0.25) is 0 Å². The van der Waals surface area contributed by atoms with Gasteiger partial charge in [-0.25, -0.2) is 0 Å². The summed E-state index contributed by atoms with van der Waals surface area (Å²) >= 11 is 0. The zero-order valence-corrected chi connectivity index (χ0v) is 5.37. The largest absolute Gasteiger partial charge is 0.370 e. The van der Waals surface area contributed by atoms with Gasteiger partial charge in [0.25, 0.3) is 0 Å². The third-order valence-corrected chi connectivity index (χ3v) is 1.43. The molecule has 0 fully saturated rings. The Morgan fingerprint density at radius 3 is 2.89 bits per heavy atom. The van der Waals surface area contributed by atoms with Crippen molar-refractivity contribution >= 4 is 6.29 Å². The van der Waals surface area contributed by atoms with E-state index < -0.39 is 0 Å². The monoisotopic (exact) mass is 126 g/mol. The third-order valence-electron chi connectivity index (χ3n) is 1.43. The smallest absolute Gasteiger partial charge is 0.165 e. The normalized spacial score (nSPS) is 26.2. The number of aldehydes is 1. The van der Waals surface area contributed by atoms with Crippen LogP contribution in [0.3, 0.4) is 0 Å². The van der Waals surface area contributed by atoms with Gasteiger partial charge in [-0.15, -0.1) is 0 Å². The highest BCUT2D eigenvalue weighted by Crippen LogP contribution is 2.07.